The predicted octanol–water partition coefficient (Wildman–Crippen LogP) is 2.33. The largest absolute Gasteiger partial charge is 0.480 e. The minimum absolute atomic E-state index is 0.319. The number of amides is 1. The maximum Gasteiger partial charge on any atom is 0.323 e. The third kappa shape index (κ3) is 6.15. The van der Waals surface area contributed by atoms with Gasteiger partial charge in [-0.05, 0) is 29.7 Å². The van der Waals surface area contributed by atoms with Crippen LogP contribution in [-0.2, 0) is 27.8 Å². The Balaban J connectivity index is 2.14. The van der Waals surface area contributed by atoms with Gasteiger partial charge < -0.3 is 10.0 Å². The monoisotopic (exact) mass is 359 g/mol. The molecule has 0 aliphatic carbocycles. The summed E-state index contributed by atoms with van der Waals surface area (Å²) < 4.78 is 11.4. The molecule has 0 aromatic heterocycles. The van der Waals surface area contributed by atoms with Gasteiger partial charge in [-0.25, -0.2) is 0 Å². The van der Waals surface area contributed by atoms with Crippen molar-refractivity contribution in [1.82, 2.24) is 4.90 Å². The van der Waals surface area contributed by atoms with E-state index in [4.69, 9.17) is 5.11 Å². The highest BCUT2D eigenvalue weighted by Crippen LogP contribution is 2.11. The normalized spacial score (nSPS) is 11.7. The molecule has 5 nitrogen and oxygen atoms in total. The number of hydrogen-bond donors (Lipinski definition) is 1. The van der Waals surface area contributed by atoms with Gasteiger partial charge in [0.25, 0.3) is 5.91 Å². The van der Waals surface area contributed by atoms with Gasteiger partial charge in [0.05, 0.1) is 0 Å². The molecule has 132 valence electrons. The first kappa shape index (κ1) is 18.9. The highest BCUT2D eigenvalue weighted by atomic mass is 32.2. The van der Waals surface area contributed by atoms with Crippen molar-refractivity contribution in [2.24, 2.45) is 0 Å². The van der Waals surface area contributed by atoms with Crippen LogP contribution in [0.25, 0.3) is 0 Å². The number of hydrogen-bond acceptors (Lipinski definition) is 3. The average molecular weight is 359 g/mol. The highest BCUT2D eigenvalue weighted by Gasteiger charge is 2.19. The number of aliphatic carboxylic acids is 1. The summed E-state index contributed by atoms with van der Waals surface area (Å²) >= 11 is 0. The number of carboxylic acids is 1. The second-order valence-electron chi connectivity index (χ2n) is 5.77. The van der Waals surface area contributed by atoms with E-state index in [2.05, 4.69) is 0 Å². The molecule has 0 radical (unpaired) electrons. The maximum atomic E-state index is 12.7. The molecule has 0 heterocycles. The average Bonchev–Trinajstić information content (AvgIpc) is 2.58. The van der Waals surface area contributed by atoms with Crippen LogP contribution in [0.4, 0.5) is 0 Å². The van der Waals surface area contributed by atoms with Crippen LogP contribution in [-0.4, -0.2) is 45.4 Å². The van der Waals surface area contributed by atoms with Crippen LogP contribution >= 0.6 is 0 Å². The Morgan fingerprint density at radius 1 is 1.04 bits per heavy atom. The smallest absolute Gasteiger partial charge is 0.323 e. The first-order valence-electron chi connectivity index (χ1n) is 7.89. The van der Waals surface area contributed by atoms with E-state index >= 15 is 0 Å². The zero-order valence-corrected chi connectivity index (χ0v) is 14.9. The number of benzene rings is 2. The molecule has 0 fully saturated rings. The SMILES string of the molecule is CS(=O)Cc1cccc(C(=O)N(CCc2ccccc2)CC(=O)O)c1. The van der Waals surface area contributed by atoms with E-state index in [0.29, 0.717) is 24.3 Å². The third-order valence-electron chi connectivity index (χ3n) is 3.67. The summed E-state index contributed by atoms with van der Waals surface area (Å²) in [5.41, 5.74) is 2.25. The molecule has 2 rings (SSSR count). The number of carboxylic acid groups (broad SMARTS) is 1. The Morgan fingerprint density at radius 3 is 2.36 bits per heavy atom. The van der Waals surface area contributed by atoms with E-state index in [-0.39, 0.29) is 12.5 Å². The Hall–Kier alpha value is -2.47. The van der Waals surface area contributed by atoms with Crippen molar-refractivity contribution in [2.45, 2.75) is 12.2 Å². The summed E-state index contributed by atoms with van der Waals surface area (Å²) in [5, 5.41) is 9.12. The van der Waals surface area contributed by atoms with Gasteiger partial charge in [-0.3, -0.25) is 13.8 Å². The lowest BCUT2D eigenvalue weighted by Crippen LogP contribution is -2.37. The molecule has 0 saturated heterocycles. The summed E-state index contributed by atoms with van der Waals surface area (Å²) in [7, 11) is -1.01. The Kier molecular flexibility index (Phi) is 6.89. The molecule has 2 aromatic rings. The quantitative estimate of drug-likeness (QED) is 0.785. The van der Waals surface area contributed by atoms with Crippen LogP contribution in [0.3, 0.4) is 0 Å². The molecule has 1 amide bonds. The molecule has 25 heavy (non-hydrogen) atoms. The van der Waals surface area contributed by atoms with Gasteiger partial charge in [-0.2, -0.15) is 0 Å². The lowest BCUT2D eigenvalue weighted by atomic mass is 10.1. The maximum absolute atomic E-state index is 12.7. The lowest BCUT2D eigenvalue weighted by molar-refractivity contribution is -0.137. The molecule has 0 saturated carbocycles. The summed E-state index contributed by atoms with van der Waals surface area (Å²) in [4.78, 5) is 25.2. The van der Waals surface area contributed by atoms with Crippen LogP contribution in [0.15, 0.2) is 54.6 Å². The fraction of sp³-hybridized carbons (Fsp3) is 0.263. The summed E-state index contributed by atoms with van der Waals surface area (Å²) in [5.74, 6) is -1.02. The molecule has 0 spiro atoms. The zero-order valence-electron chi connectivity index (χ0n) is 14.1. The van der Waals surface area contributed by atoms with Crippen molar-refractivity contribution >= 4 is 22.7 Å². The van der Waals surface area contributed by atoms with Gasteiger partial charge >= 0.3 is 5.97 Å². The van der Waals surface area contributed by atoms with E-state index < -0.39 is 16.8 Å². The Morgan fingerprint density at radius 2 is 1.72 bits per heavy atom. The van der Waals surface area contributed by atoms with E-state index in [1.165, 1.54) is 4.90 Å². The minimum Gasteiger partial charge on any atom is -0.480 e. The van der Waals surface area contributed by atoms with E-state index in [1.807, 2.05) is 36.4 Å². The van der Waals surface area contributed by atoms with Crippen molar-refractivity contribution in [1.29, 1.82) is 0 Å². The van der Waals surface area contributed by atoms with Gasteiger partial charge in [0.1, 0.15) is 6.54 Å². The lowest BCUT2D eigenvalue weighted by Gasteiger charge is -2.21. The third-order valence-corrected chi connectivity index (χ3v) is 4.41. The van der Waals surface area contributed by atoms with E-state index in [1.54, 1.807) is 24.5 Å². The second kappa shape index (κ2) is 9.13. The van der Waals surface area contributed by atoms with Gasteiger partial charge in [0.2, 0.25) is 0 Å². The molecular weight excluding hydrogens is 338 g/mol. The first-order chi connectivity index (χ1) is 12.0. The van der Waals surface area contributed by atoms with Gasteiger partial charge in [0.15, 0.2) is 0 Å². The molecule has 0 aliphatic rings. The fourth-order valence-corrected chi connectivity index (χ4v) is 3.18. The topological polar surface area (TPSA) is 74.7 Å². The van der Waals surface area contributed by atoms with Gasteiger partial charge in [-0.15, -0.1) is 0 Å². The van der Waals surface area contributed by atoms with Crippen molar-refractivity contribution in [3.63, 3.8) is 0 Å². The fourth-order valence-electron chi connectivity index (χ4n) is 2.54. The van der Waals surface area contributed by atoms with Gasteiger partial charge in [0, 0.05) is 34.9 Å². The number of nitrogens with zero attached hydrogens (tertiary/aromatic N) is 1. The van der Waals surface area contributed by atoms with Crippen LogP contribution < -0.4 is 0 Å². The van der Waals surface area contributed by atoms with Gasteiger partial charge in [-0.1, -0.05) is 42.5 Å². The molecular formula is C19H21NO4S. The van der Waals surface area contributed by atoms with Crippen LogP contribution in [0, 0.1) is 0 Å². The van der Waals surface area contributed by atoms with E-state index in [9.17, 15) is 13.8 Å². The minimum atomic E-state index is -1.05. The predicted molar refractivity (Wildman–Crippen MR) is 97.9 cm³/mol. The molecule has 0 bridgehead atoms. The first-order valence-corrected chi connectivity index (χ1v) is 9.62. The summed E-state index contributed by atoms with van der Waals surface area (Å²) in [6, 6.07) is 16.5. The van der Waals surface area contributed by atoms with Crippen LogP contribution in [0.2, 0.25) is 0 Å². The molecule has 1 unspecified atom stereocenters. The summed E-state index contributed by atoms with van der Waals surface area (Å²) in [6.45, 7) is -0.0331. The van der Waals surface area contributed by atoms with E-state index in [0.717, 1.165) is 11.1 Å². The Labute approximate surface area is 149 Å². The standard InChI is InChI=1S/C19H21NO4S/c1-25(24)14-16-8-5-9-17(12-16)19(23)20(13-18(21)22)11-10-15-6-3-2-4-7-15/h2-9,12H,10-11,13-14H2,1H3,(H,21,22). The molecule has 1 N–H and O–H groups in total. The second-order valence-corrected chi connectivity index (χ2v) is 7.21. The number of carbonyl (C=O) groups is 2. The van der Waals surface area contributed by atoms with Crippen molar-refractivity contribution in [2.75, 3.05) is 19.3 Å². The van der Waals surface area contributed by atoms with Crippen LogP contribution in [0.5, 0.6) is 0 Å². The zero-order chi connectivity index (χ0) is 18.2. The van der Waals surface area contributed by atoms with Crippen LogP contribution in [0.1, 0.15) is 21.5 Å². The summed E-state index contributed by atoms with van der Waals surface area (Å²) in [6.07, 6.45) is 2.18. The number of carbonyl (C=O) groups excluding carboxylic acids is 1. The molecule has 1 atom stereocenters. The molecule has 0 aliphatic heterocycles. The van der Waals surface area contributed by atoms with Crippen molar-refractivity contribution in [3.8, 4) is 0 Å². The molecule has 2 aromatic carbocycles. The Bertz CT molecular complexity index is 761. The van der Waals surface area contributed by atoms with Crippen molar-refractivity contribution in [3.05, 3.63) is 71.3 Å². The highest BCUT2D eigenvalue weighted by molar-refractivity contribution is 7.83. The van der Waals surface area contributed by atoms with Crippen molar-refractivity contribution < 1.29 is 18.9 Å². The number of rotatable bonds is 8. The molecule has 6 heteroatoms.